The summed E-state index contributed by atoms with van der Waals surface area (Å²) in [4.78, 5) is 23.3. The first-order chi connectivity index (χ1) is 9.38. The van der Waals surface area contributed by atoms with Gasteiger partial charge in [-0.3, -0.25) is 9.59 Å². The van der Waals surface area contributed by atoms with Gasteiger partial charge in [0, 0.05) is 12.2 Å². The number of hydrogen-bond acceptors (Lipinski definition) is 4. The van der Waals surface area contributed by atoms with Crippen molar-refractivity contribution in [1.29, 1.82) is 0 Å². The van der Waals surface area contributed by atoms with Crippen LogP contribution in [0.2, 0.25) is 0 Å². The molecular weight excluding hydrogens is 331 g/mol. The monoisotopic (exact) mass is 346 g/mol. The first-order valence-electron chi connectivity index (χ1n) is 6.06. The molecule has 20 heavy (non-hydrogen) atoms. The summed E-state index contributed by atoms with van der Waals surface area (Å²) < 4.78 is 18.8. The van der Waals surface area contributed by atoms with Crippen LogP contribution in [0, 0.1) is 11.7 Å². The number of nitrogens with two attached hydrogens (primary N) is 1. The van der Waals surface area contributed by atoms with Crippen molar-refractivity contribution >= 4 is 33.5 Å². The molecule has 1 aromatic carbocycles. The minimum absolute atomic E-state index is 0.0342. The van der Waals surface area contributed by atoms with Crippen LogP contribution in [0.1, 0.15) is 24.2 Å². The zero-order valence-corrected chi connectivity index (χ0v) is 12.8. The number of carbonyl (C=O) groups excluding carboxylic acids is 2. The number of nitrogen functional groups attached to an aromatic ring is 1. The van der Waals surface area contributed by atoms with Gasteiger partial charge in [0.2, 0.25) is 0 Å². The molecule has 5 nitrogen and oxygen atoms in total. The van der Waals surface area contributed by atoms with Crippen molar-refractivity contribution in [2.24, 2.45) is 5.92 Å². The van der Waals surface area contributed by atoms with E-state index in [1.165, 1.54) is 12.1 Å². The van der Waals surface area contributed by atoms with Gasteiger partial charge in [0.25, 0.3) is 5.91 Å². The first-order valence-corrected chi connectivity index (χ1v) is 6.86. The molecule has 0 saturated carbocycles. The highest BCUT2D eigenvalue weighted by Gasteiger charge is 2.20. The molecule has 0 aliphatic rings. The number of benzene rings is 1. The number of rotatable bonds is 5. The van der Waals surface area contributed by atoms with Crippen molar-refractivity contribution in [3.8, 4) is 0 Å². The van der Waals surface area contributed by atoms with Crippen LogP contribution in [0.15, 0.2) is 16.6 Å². The second-order valence-corrected chi connectivity index (χ2v) is 5.04. The van der Waals surface area contributed by atoms with Gasteiger partial charge >= 0.3 is 5.97 Å². The maximum absolute atomic E-state index is 13.8. The molecule has 0 aliphatic heterocycles. The largest absolute Gasteiger partial charge is 0.466 e. The standard InChI is InChI=1S/C13H16BrFN2O3/c1-3-20-13(19)7(2)6-17-12(18)10-9(16)5-4-8(14)11(10)15/h4-5,7H,3,6,16H2,1-2H3,(H,17,18). The molecule has 7 heteroatoms. The van der Waals surface area contributed by atoms with Gasteiger partial charge in [-0.1, -0.05) is 6.92 Å². The molecule has 0 aliphatic carbocycles. The fraction of sp³-hybridized carbons (Fsp3) is 0.385. The Morgan fingerprint density at radius 3 is 2.75 bits per heavy atom. The molecule has 1 unspecified atom stereocenters. The molecule has 0 fully saturated rings. The summed E-state index contributed by atoms with van der Waals surface area (Å²) in [6, 6.07) is 2.85. The van der Waals surface area contributed by atoms with Crippen molar-refractivity contribution in [3.05, 3.63) is 28.0 Å². The van der Waals surface area contributed by atoms with E-state index in [0.29, 0.717) is 0 Å². The lowest BCUT2D eigenvalue weighted by molar-refractivity contribution is -0.147. The third-order valence-electron chi connectivity index (χ3n) is 2.61. The average molecular weight is 347 g/mol. The van der Waals surface area contributed by atoms with E-state index in [4.69, 9.17) is 10.5 Å². The molecule has 1 rings (SSSR count). The maximum Gasteiger partial charge on any atom is 0.310 e. The van der Waals surface area contributed by atoms with Crippen LogP contribution in [0.25, 0.3) is 0 Å². The summed E-state index contributed by atoms with van der Waals surface area (Å²) in [5, 5.41) is 2.47. The predicted octanol–water partition coefficient (Wildman–Crippen LogP) is 2.10. The number of ether oxygens (including phenoxy) is 1. The molecular formula is C13H16BrFN2O3. The Morgan fingerprint density at radius 1 is 1.50 bits per heavy atom. The van der Waals surface area contributed by atoms with Crippen LogP contribution in [-0.4, -0.2) is 25.0 Å². The molecule has 110 valence electrons. The van der Waals surface area contributed by atoms with Gasteiger partial charge < -0.3 is 15.8 Å². The summed E-state index contributed by atoms with van der Waals surface area (Å²) >= 11 is 2.99. The van der Waals surface area contributed by atoms with E-state index in [2.05, 4.69) is 21.2 Å². The van der Waals surface area contributed by atoms with E-state index < -0.39 is 23.6 Å². The summed E-state index contributed by atoms with van der Waals surface area (Å²) in [6.45, 7) is 3.62. The Labute approximate surface area is 124 Å². The lowest BCUT2D eigenvalue weighted by Crippen LogP contribution is -2.33. The van der Waals surface area contributed by atoms with E-state index in [9.17, 15) is 14.0 Å². The van der Waals surface area contributed by atoms with Gasteiger partial charge in [-0.2, -0.15) is 0 Å². The minimum atomic E-state index is -0.730. The number of esters is 1. The van der Waals surface area contributed by atoms with Crippen LogP contribution in [0.5, 0.6) is 0 Å². The van der Waals surface area contributed by atoms with E-state index in [0.717, 1.165) is 0 Å². The number of halogens is 2. The van der Waals surface area contributed by atoms with Gasteiger partial charge in [0.05, 0.1) is 22.6 Å². The van der Waals surface area contributed by atoms with Gasteiger partial charge in [-0.25, -0.2) is 4.39 Å². The second kappa shape index (κ2) is 7.23. The van der Waals surface area contributed by atoms with E-state index in [1.54, 1.807) is 13.8 Å². The zero-order valence-electron chi connectivity index (χ0n) is 11.2. The normalized spacial score (nSPS) is 11.8. The SMILES string of the molecule is CCOC(=O)C(C)CNC(=O)c1c(N)ccc(Br)c1F. The molecule has 1 amide bonds. The topological polar surface area (TPSA) is 81.4 Å². The Kier molecular flexibility index (Phi) is 5.94. The molecule has 1 atom stereocenters. The fourth-order valence-corrected chi connectivity index (χ4v) is 1.83. The molecule has 0 bridgehead atoms. The summed E-state index contributed by atoms with van der Waals surface area (Å²) in [5.74, 6) is -2.34. The molecule has 0 aromatic heterocycles. The van der Waals surface area contributed by atoms with E-state index in [1.807, 2.05) is 0 Å². The zero-order chi connectivity index (χ0) is 15.3. The summed E-state index contributed by atoms with van der Waals surface area (Å²) in [7, 11) is 0. The van der Waals surface area contributed by atoms with Crippen LogP contribution >= 0.6 is 15.9 Å². The Balaban J connectivity index is 2.73. The molecule has 1 aromatic rings. The van der Waals surface area contributed by atoms with Gasteiger partial charge in [0.15, 0.2) is 5.82 Å². The highest BCUT2D eigenvalue weighted by Crippen LogP contribution is 2.23. The third kappa shape index (κ3) is 3.93. The fourth-order valence-electron chi connectivity index (χ4n) is 1.50. The minimum Gasteiger partial charge on any atom is -0.466 e. The van der Waals surface area contributed by atoms with Crippen LogP contribution in [-0.2, 0) is 9.53 Å². The highest BCUT2D eigenvalue weighted by atomic mass is 79.9. The molecule has 0 spiro atoms. The third-order valence-corrected chi connectivity index (χ3v) is 3.22. The smallest absolute Gasteiger partial charge is 0.310 e. The lowest BCUT2D eigenvalue weighted by Gasteiger charge is -2.13. The molecule has 0 saturated heterocycles. The van der Waals surface area contributed by atoms with Gasteiger partial charge in [-0.05, 0) is 35.0 Å². The van der Waals surface area contributed by atoms with E-state index >= 15 is 0 Å². The first kappa shape index (κ1) is 16.4. The number of anilines is 1. The van der Waals surface area contributed by atoms with Gasteiger partial charge in [-0.15, -0.1) is 0 Å². The van der Waals surface area contributed by atoms with Crippen molar-refractivity contribution in [3.63, 3.8) is 0 Å². The summed E-state index contributed by atoms with van der Waals surface area (Å²) in [6.07, 6.45) is 0. The van der Waals surface area contributed by atoms with Crippen LogP contribution in [0.3, 0.4) is 0 Å². The highest BCUT2D eigenvalue weighted by molar-refractivity contribution is 9.10. The van der Waals surface area contributed by atoms with Crippen LogP contribution in [0.4, 0.5) is 10.1 Å². The van der Waals surface area contributed by atoms with Crippen molar-refractivity contribution in [1.82, 2.24) is 5.32 Å². The average Bonchev–Trinajstić information content (AvgIpc) is 2.41. The summed E-state index contributed by atoms with van der Waals surface area (Å²) in [5.41, 5.74) is 5.39. The Hall–Kier alpha value is -1.63. The van der Waals surface area contributed by atoms with E-state index in [-0.39, 0.29) is 28.9 Å². The number of nitrogens with one attached hydrogen (secondary N) is 1. The van der Waals surface area contributed by atoms with Crippen molar-refractivity contribution in [2.45, 2.75) is 13.8 Å². The van der Waals surface area contributed by atoms with Crippen molar-refractivity contribution < 1.29 is 18.7 Å². The van der Waals surface area contributed by atoms with Gasteiger partial charge in [0.1, 0.15) is 0 Å². The number of hydrogen-bond donors (Lipinski definition) is 2. The predicted molar refractivity (Wildman–Crippen MR) is 76.6 cm³/mol. The Morgan fingerprint density at radius 2 is 2.15 bits per heavy atom. The quantitative estimate of drug-likeness (QED) is 0.631. The lowest BCUT2D eigenvalue weighted by atomic mass is 10.1. The number of carbonyl (C=O) groups is 2. The van der Waals surface area contributed by atoms with Crippen molar-refractivity contribution in [2.75, 3.05) is 18.9 Å². The maximum atomic E-state index is 13.8. The Bertz CT molecular complexity index is 523. The molecule has 0 heterocycles. The molecule has 3 N–H and O–H groups in total. The second-order valence-electron chi connectivity index (χ2n) is 4.19. The number of amides is 1. The molecule has 0 radical (unpaired) electrons. The van der Waals surface area contributed by atoms with Crippen LogP contribution < -0.4 is 11.1 Å².